The second-order valence-electron chi connectivity index (χ2n) is 8.53. The lowest BCUT2D eigenvalue weighted by Gasteiger charge is -2.55. The van der Waals surface area contributed by atoms with Crippen molar-refractivity contribution in [2.24, 2.45) is 22.7 Å². The van der Waals surface area contributed by atoms with Crippen molar-refractivity contribution in [2.45, 2.75) is 59.3 Å². The molecule has 142 valence electrons. The highest BCUT2D eigenvalue weighted by Crippen LogP contribution is 2.62. The van der Waals surface area contributed by atoms with E-state index in [1.165, 1.54) is 13.2 Å². The minimum atomic E-state index is -0.959. The summed E-state index contributed by atoms with van der Waals surface area (Å²) in [6, 6.07) is 0. The number of hydrogen-bond donors (Lipinski definition) is 1. The third-order valence-electron chi connectivity index (χ3n) is 7.25. The fourth-order valence-corrected chi connectivity index (χ4v) is 5.88. The van der Waals surface area contributed by atoms with Crippen molar-refractivity contribution in [1.82, 2.24) is 0 Å². The first-order valence-electron chi connectivity index (χ1n) is 9.43. The van der Waals surface area contributed by atoms with Crippen LogP contribution < -0.4 is 0 Å². The number of fused-ring (bicyclic) bond motifs is 2. The first-order valence-corrected chi connectivity index (χ1v) is 9.43. The van der Waals surface area contributed by atoms with E-state index >= 15 is 0 Å². The van der Waals surface area contributed by atoms with Gasteiger partial charge in [-0.1, -0.05) is 31.4 Å². The summed E-state index contributed by atoms with van der Waals surface area (Å²) in [7, 11) is 1.42. The maximum atomic E-state index is 13.1. The number of Topliss-reactive ketones (excluding diaryl/α,β-unsaturated/α-hetero) is 1. The van der Waals surface area contributed by atoms with Crippen LogP contribution in [0.25, 0.3) is 0 Å². The number of ether oxygens (including phenoxy) is 1. The Morgan fingerprint density at radius 2 is 1.92 bits per heavy atom. The molecule has 0 aromatic heterocycles. The zero-order valence-corrected chi connectivity index (χ0v) is 16.1. The van der Waals surface area contributed by atoms with E-state index < -0.39 is 11.4 Å². The average Bonchev–Trinajstić information content (AvgIpc) is 2.58. The van der Waals surface area contributed by atoms with Crippen molar-refractivity contribution in [1.29, 1.82) is 0 Å². The van der Waals surface area contributed by atoms with Crippen molar-refractivity contribution in [3.63, 3.8) is 0 Å². The van der Waals surface area contributed by atoms with Crippen molar-refractivity contribution < 1.29 is 24.2 Å². The number of ketones is 1. The first kappa shape index (κ1) is 18.9. The van der Waals surface area contributed by atoms with Gasteiger partial charge in [-0.15, -0.1) is 0 Å². The van der Waals surface area contributed by atoms with Crippen LogP contribution in [-0.4, -0.2) is 29.9 Å². The lowest BCUT2D eigenvalue weighted by molar-refractivity contribution is -0.163. The first-order chi connectivity index (χ1) is 12.1. The second-order valence-corrected chi connectivity index (χ2v) is 8.53. The zero-order chi connectivity index (χ0) is 19.3. The lowest BCUT2D eigenvalue weighted by Crippen LogP contribution is -2.53. The number of hydrogen-bond acceptors (Lipinski definition) is 4. The van der Waals surface area contributed by atoms with E-state index in [4.69, 9.17) is 9.84 Å². The maximum Gasteiger partial charge on any atom is 0.328 e. The molecule has 3 aliphatic carbocycles. The summed E-state index contributed by atoms with van der Waals surface area (Å²) < 4.78 is 5.10. The Bertz CT molecular complexity index is 731. The summed E-state index contributed by atoms with van der Waals surface area (Å²) in [6.45, 7) is 6.08. The summed E-state index contributed by atoms with van der Waals surface area (Å²) >= 11 is 0. The van der Waals surface area contributed by atoms with E-state index in [-0.39, 0.29) is 29.0 Å². The van der Waals surface area contributed by atoms with Gasteiger partial charge in [-0.05, 0) is 43.9 Å². The van der Waals surface area contributed by atoms with E-state index in [0.717, 1.165) is 36.0 Å². The number of rotatable bonds is 2. The number of methoxy groups -OCH3 is 1. The summed E-state index contributed by atoms with van der Waals surface area (Å²) in [5, 5.41) is 9.11. The lowest BCUT2D eigenvalue weighted by atomic mass is 9.47. The molecule has 1 saturated carbocycles. The fourth-order valence-electron chi connectivity index (χ4n) is 5.88. The Morgan fingerprint density at radius 1 is 1.23 bits per heavy atom. The van der Waals surface area contributed by atoms with Crippen molar-refractivity contribution >= 4 is 17.7 Å². The highest BCUT2D eigenvalue weighted by atomic mass is 16.5. The zero-order valence-electron chi connectivity index (χ0n) is 16.1. The third-order valence-corrected chi connectivity index (χ3v) is 7.25. The molecule has 5 nitrogen and oxygen atoms in total. The Morgan fingerprint density at radius 3 is 2.54 bits per heavy atom. The normalized spacial score (nSPS) is 38.6. The van der Waals surface area contributed by atoms with Crippen LogP contribution in [-0.2, 0) is 19.1 Å². The Labute approximate surface area is 154 Å². The number of carbonyl (C=O) groups is 3. The molecule has 0 amide bonds. The monoisotopic (exact) mass is 360 g/mol. The van der Waals surface area contributed by atoms with Crippen LogP contribution in [0.2, 0.25) is 0 Å². The SMILES string of the molecule is COC(=O)[C@@]1(C)CCC[C@]2(C)C3=C(C(=O)C[C@@H]12)[C@@H](C)C(=CC(=O)O)CC3. The molecule has 0 heterocycles. The molecule has 3 aliphatic rings. The van der Waals surface area contributed by atoms with E-state index in [2.05, 4.69) is 6.92 Å². The van der Waals surface area contributed by atoms with Gasteiger partial charge < -0.3 is 9.84 Å². The molecule has 3 rings (SSSR count). The molecular formula is C21H28O5. The standard InChI is InChI=1S/C21H28O5/c1-12-13(10-17(23)24)6-7-14-18(12)15(22)11-16-20(14,2)8-5-9-21(16,3)19(25)26-4/h10,12,16H,5-9,11H2,1-4H3,(H,23,24)/t12-,16+,20+,21-/m0/s1. The van der Waals surface area contributed by atoms with Crippen molar-refractivity contribution in [3.05, 3.63) is 22.8 Å². The van der Waals surface area contributed by atoms with Gasteiger partial charge >= 0.3 is 11.9 Å². The molecule has 0 aromatic rings. The summed E-state index contributed by atoms with van der Waals surface area (Å²) in [5.74, 6) is -1.33. The number of carboxylic acids is 1. The minimum absolute atomic E-state index is 0.0559. The number of carboxylic acid groups (broad SMARTS) is 1. The third kappa shape index (κ3) is 2.63. The molecule has 5 heteroatoms. The van der Waals surface area contributed by atoms with Crippen LogP contribution in [0.1, 0.15) is 59.3 Å². The van der Waals surface area contributed by atoms with Crippen LogP contribution in [0, 0.1) is 22.7 Å². The minimum Gasteiger partial charge on any atom is -0.478 e. The molecule has 0 unspecified atom stereocenters. The summed E-state index contributed by atoms with van der Waals surface area (Å²) in [5.41, 5.74) is 1.93. The van der Waals surface area contributed by atoms with E-state index in [1.807, 2.05) is 13.8 Å². The van der Waals surface area contributed by atoms with Gasteiger partial charge in [-0.25, -0.2) is 4.79 Å². The molecule has 1 fully saturated rings. The van der Waals surface area contributed by atoms with Crippen LogP contribution in [0.3, 0.4) is 0 Å². The molecule has 0 spiro atoms. The highest BCUT2D eigenvalue weighted by molar-refractivity contribution is 6.00. The van der Waals surface area contributed by atoms with Gasteiger partial charge in [0.05, 0.1) is 12.5 Å². The average molecular weight is 360 g/mol. The van der Waals surface area contributed by atoms with Crippen LogP contribution in [0.15, 0.2) is 22.8 Å². The smallest absolute Gasteiger partial charge is 0.328 e. The number of aliphatic carboxylic acids is 1. The molecular weight excluding hydrogens is 332 g/mol. The molecule has 1 N–H and O–H groups in total. The molecule has 0 saturated heterocycles. The van der Waals surface area contributed by atoms with Crippen LogP contribution in [0.5, 0.6) is 0 Å². The van der Waals surface area contributed by atoms with Gasteiger partial charge in [0.2, 0.25) is 0 Å². The van der Waals surface area contributed by atoms with Crippen molar-refractivity contribution in [2.75, 3.05) is 7.11 Å². The fraction of sp³-hybridized carbons (Fsp3) is 0.667. The van der Waals surface area contributed by atoms with Gasteiger partial charge in [0.15, 0.2) is 5.78 Å². The molecule has 0 bridgehead atoms. The predicted octanol–water partition coefficient (Wildman–Crippen LogP) is 3.68. The quantitative estimate of drug-likeness (QED) is 0.600. The Hall–Kier alpha value is -1.91. The molecule has 0 radical (unpaired) electrons. The second kappa shape index (κ2) is 6.36. The Balaban J connectivity index is 2.10. The topological polar surface area (TPSA) is 80.7 Å². The Kier molecular flexibility index (Phi) is 4.62. The van der Waals surface area contributed by atoms with Gasteiger partial charge in [-0.3, -0.25) is 9.59 Å². The number of carbonyl (C=O) groups excluding carboxylic acids is 2. The highest BCUT2D eigenvalue weighted by Gasteiger charge is 2.58. The van der Waals surface area contributed by atoms with Gasteiger partial charge in [0.25, 0.3) is 0 Å². The molecule has 0 aromatic carbocycles. The maximum absolute atomic E-state index is 13.1. The van der Waals surface area contributed by atoms with Crippen molar-refractivity contribution in [3.8, 4) is 0 Å². The summed E-state index contributed by atoms with van der Waals surface area (Å²) in [6.07, 6.45) is 5.60. The molecule has 4 atom stereocenters. The van der Waals surface area contributed by atoms with Gasteiger partial charge in [-0.2, -0.15) is 0 Å². The van der Waals surface area contributed by atoms with E-state index in [1.54, 1.807) is 0 Å². The van der Waals surface area contributed by atoms with Crippen LogP contribution >= 0.6 is 0 Å². The number of allylic oxidation sites excluding steroid dienone is 3. The molecule has 0 aliphatic heterocycles. The van der Waals surface area contributed by atoms with E-state index in [9.17, 15) is 14.4 Å². The predicted molar refractivity (Wildman–Crippen MR) is 96.3 cm³/mol. The molecule has 26 heavy (non-hydrogen) atoms. The largest absolute Gasteiger partial charge is 0.478 e. The van der Waals surface area contributed by atoms with Gasteiger partial charge in [0.1, 0.15) is 0 Å². The van der Waals surface area contributed by atoms with Crippen LogP contribution in [0.4, 0.5) is 0 Å². The van der Waals surface area contributed by atoms with Gasteiger partial charge in [0, 0.05) is 24.0 Å². The van der Waals surface area contributed by atoms with E-state index in [0.29, 0.717) is 19.3 Å². The summed E-state index contributed by atoms with van der Waals surface area (Å²) in [4.78, 5) is 36.8. The number of esters is 1.